The van der Waals surface area contributed by atoms with Gasteiger partial charge in [0.05, 0.1) is 13.0 Å². The van der Waals surface area contributed by atoms with Gasteiger partial charge in [0.25, 0.3) is 0 Å². The summed E-state index contributed by atoms with van der Waals surface area (Å²) in [7, 11) is 1.65. The zero-order valence-electron chi connectivity index (χ0n) is 11.4. The van der Waals surface area contributed by atoms with Gasteiger partial charge in [-0.1, -0.05) is 36.4 Å². The number of methoxy groups -OCH3 is 1. The molecule has 0 bridgehead atoms. The van der Waals surface area contributed by atoms with Crippen LogP contribution in [0.2, 0.25) is 0 Å². The molecule has 2 aromatic rings. The summed E-state index contributed by atoms with van der Waals surface area (Å²) >= 11 is 0. The molecule has 0 aliphatic carbocycles. The minimum Gasteiger partial charge on any atom is -0.497 e. The molecule has 1 amide bonds. The average molecular weight is 267 g/mol. The van der Waals surface area contributed by atoms with E-state index >= 15 is 0 Å². The van der Waals surface area contributed by atoms with Gasteiger partial charge in [0.2, 0.25) is 5.91 Å². The van der Waals surface area contributed by atoms with Crippen LogP contribution in [0, 0.1) is 0 Å². The molecule has 1 aliphatic heterocycles. The first-order valence-corrected chi connectivity index (χ1v) is 6.79. The predicted molar refractivity (Wildman–Crippen MR) is 78.0 cm³/mol. The maximum atomic E-state index is 12.4. The lowest BCUT2D eigenvalue weighted by atomic mass is 9.87. The maximum Gasteiger partial charge on any atom is 0.232 e. The van der Waals surface area contributed by atoms with Crippen molar-refractivity contribution in [3.8, 4) is 5.75 Å². The zero-order valence-corrected chi connectivity index (χ0v) is 11.4. The van der Waals surface area contributed by atoms with Gasteiger partial charge in [0.15, 0.2) is 0 Å². The van der Waals surface area contributed by atoms with Crippen LogP contribution in [-0.2, 0) is 11.2 Å². The monoisotopic (exact) mass is 267 g/mol. The number of carbonyl (C=O) groups excluding carboxylic acids is 1. The molecule has 1 heterocycles. The highest BCUT2D eigenvalue weighted by molar-refractivity contribution is 5.88. The molecule has 0 fully saturated rings. The van der Waals surface area contributed by atoms with Crippen molar-refractivity contribution in [2.24, 2.45) is 0 Å². The van der Waals surface area contributed by atoms with Crippen molar-refractivity contribution in [2.75, 3.05) is 13.7 Å². The third kappa shape index (κ3) is 2.27. The number of fused-ring (bicyclic) bond motifs is 1. The van der Waals surface area contributed by atoms with E-state index in [9.17, 15) is 4.79 Å². The number of nitrogens with one attached hydrogen (secondary N) is 1. The number of rotatable bonds is 2. The van der Waals surface area contributed by atoms with Crippen molar-refractivity contribution in [1.82, 2.24) is 5.32 Å². The summed E-state index contributed by atoms with van der Waals surface area (Å²) in [5.74, 6) is 0.589. The van der Waals surface area contributed by atoms with Gasteiger partial charge >= 0.3 is 0 Å². The molecular formula is C17H17NO2. The average Bonchev–Trinajstić information content (AvgIpc) is 2.65. The number of ether oxygens (including phenoxy) is 1. The third-order valence-corrected chi connectivity index (χ3v) is 3.75. The number of benzene rings is 2. The fourth-order valence-electron chi connectivity index (χ4n) is 2.74. The zero-order chi connectivity index (χ0) is 13.9. The molecule has 3 rings (SSSR count). The summed E-state index contributed by atoms with van der Waals surface area (Å²) in [6, 6.07) is 15.9. The second-order valence-corrected chi connectivity index (χ2v) is 4.95. The predicted octanol–water partition coefficient (Wildman–Crippen LogP) is 2.50. The van der Waals surface area contributed by atoms with Crippen LogP contribution in [0.5, 0.6) is 5.75 Å². The number of carbonyl (C=O) groups is 1. The van der Waals surface area contributed by atoms with E-state index in [4.69, 9.17) is 4.74 Å². The van der Waals surface area contributed by atoms with Crippen molar-refractivity contribution in [3.63, 3.8) is 0 Å². The van der Waals surface area contributed by atoms with E-state index in [1.54, 1.807) is 7.11 Å². The number of hydrogen-bond donors (Lipinski definition) is 1. The van der Waals surface area contributed by atoms with Gasteiger partial charge in [0.1, 0.15) is 5.75 Å². The Hall–Kier alpha value is -2.29. The normalized spacial score (nSPS) is 17.9. The summed E-state index contributed by atoms with van der Waals surface area (Å²) in [6.45, 7) is 0.682. The summed E-state index contributed by atoms with van der Waals surface area (Å²) in [5, 5.41) is 3.00. The largest absolute Gasteiger partial charge is 0.497 e. The van der Waals surface area contributed by atoms with Gasteiger partial charge in [-0.2, -0.15) is 0 Å². The Kier molecular flexibility index (Phi) is 3.42. The minimum absolute atomic E-state index is 0.0585. The summed E-state index contributed by atoms with van der Waals surface area (Å²) in [4.78, 5) is 12.4. The van der Waals surface area contributed by atoms with Crippen LogP contribution < -0.4 is 10.1 Å². The fourth-order valence-corrected chi connectivity index (χ4v) is 2.74. The third-order valence-electron chi connectivity index (χ3n) is 3.75. The minimum atomic E-state index is -0.260. The van der Waals surface area contributed by atoms with Gasteiger partial charge in [-0.05, 0) is 35.2 Å². The highest BCUT2D eigenvalue weighted by atomic mass is 16.5. The second-order valence-electron chi connectivity index (χ2n) is 4.95. The first-order valence-electron chi connectivity index (χ1n) is 6.79. The molecule has 3 nitrogen and oxygen atoms in total. The van der Waals surface area contributed by atoms with Crippen molar-refractivity contribution in [2.45, 2.75) is 12.3 Å². The summed E-state index contributed by atoms with van der Waals surface area (Å²) < 4.78 is 5.31. The van der Waals surface area contributed by atoms with Crippen molar-refractivity contribution in [3.05, 3.63) is 65.2 Å². The van der Waals surface area contributed by atoms with Gasteiger partial charge in [0, 0.05) is 6.54 Å². The van der Waals surface area contributed by atoms with Crippen LogP contribution in [0.25, 0.3) is 0 Å². The molecule has 2 aromatic carbocycles. The standard InChI is InChI=1S/C17H17NO2/c1-20-14-8-7-12-9-10-18-17(19)16(15(12)11-14)13-5-3-2-4-6-13/h2-8,11,16H,9-10H2,1H3,(H,18,19). The first kappa shape index (κ1) is 12.7. The van der Waals surface area contributed by atoms with E-state index in [-0.39, 0.29) is 11.8 Å². The van der Waals surface area contributed by atoms with E-state index in [2.05, 4.69) is 11.4 Å². The van der Waals surface area contributed by atoms with E-state index in [1.165, 1.54) is 5.56 Å². The molecule has 0 radical (unpaired) electrons. The van der Waals surface area contributed by atoms with Gasteiger partial charge in [-0.15, -0.1) is 0 Å². The lowest BCUT2D eigenvalue weighted by Gasteiger charge is -2.17. The van der Waals surface area contributed by atoms with Crippen LogP contribution in [0.15, 0.2) is 48.5 Å². The molecule has 3 heteroatoms. The highest BCUT2D eigenvalue weighted by Gasteiger charge is 2.27. The Morgan fingerprint density at radius 3 is 2.70 bits per heavy atom. The lowest BCUT2D eigenvalue weighted by molar-refractivity contribution is -0.121. The van der Waals surface area contributed by atoms with E-state index in [1.807, 2.05) is 42.5 Å². The van der Waals surface area contributed by atoms with Crippen LogP contribution in [-0.4, -0.2) is 19.6 Å². The molecule has 0 spiro atoms. The summed E-state index contributed by atoms with van der Waals surface area (Å²) in [5.41, 5.74) is 3.27. The quantitative estimate of drug-likeness (QED) is 0.908. The van der Waals surface area contributed by atoms with Gasteiger partial charge in [-0.3, -0.25) is 4.79 Å². The van der Waals surface area contributed by atoms with E-state index < -0.39 is 0 Å². The van der Waals surface area contributed by atoms with Crippen molar-refractivity contribution >= 4 is 5.91 Å². The number of hydrogen-bond acceptors (Lipinski definition) is 2. The van der Waals surface area contributed by atoms with Crippen LogP contribution in [0.3, 0.4) is 0 Å². The molecule has 1 atom stereocenters. The van der Waals surface area contributed by atoms with Crippen molar-refractivity contribution < 1.29 is 9.53 Å². The van der Waals surface area contributed by atoms with Crippen molar-refractivity contribution in [1.29, 1.82) is 0 Å². The van der Waals surface area contributed by atoms with Gasteiger partial charge in [-0.25, -0.2) is 0 Å². The smallest absolute Gasteiger partial charge is 0.232 e. The Balaban J connectivity index is 2.15. The molecular weight excluding hydrogens is 250 g/mol. The lowest BCUT2D eigenvalue weighted by Crippen LogP contribution is -2.28. The highest BCUT2D eigenvalue weighted by Crippen LogP contribution is 2.32. The maximum absolute atomic E-state index is 12.4. The topological polar surface area (TPSA) is 38.3 Å². The Labute approximate surface area is 118 Å². The van der Waals surface area contributed by atoms with Crippen LogP contribution in [0.1, 0.15) is 22.6 Å². The Morgan fingerprint density at radius 1 is 1.15 bits per heavy atom. The molecule has 102 valence electrons. The number of amides is 1. The SMILES string of the molecule is COc1ccc2c(c1)C(c1ccccc1)C(=O)NCC2. The molecule has 20 heavy (non-hydrogen) atoms. The van der Waals surface area contributed by atoms with Gasteiger partial charge < -0.3 is 10.1 Å². The molecule has 0 saturated carbocycles. The molecule has 0 saturated heterocycles. The van der Waals surface area contributed by atoms with Crippen LogP contribution >= 0.6 is 0 Å². The molecule has 1 N–H and O–H groups in total. The molecule has 1 aliphatic rings. The van der Waals surface area contributed by atoms with E-state index in [0.717, 1.165) is 23.3 Å². The molecule has 0 aromatic heterocycles. The Bertz CT molecular complexity index is 622. The first-order chi connectivity index (χ1) is 9.79. The Morgan fingerprint density at radius 2 is 1.95 bits per heavy atom. The van der Waals surface area contributed by atoms with Crippen LogP contribution in [0.4, 0.5) is 0 Å². The second kappa shape index (κ2) is 5.37. The fraction of sp³-hybridized carbons (Fsp3) is 0.235. The molecule has 1 unspecified atom stereocenters. The van der Waals surface area contributed by atoms with E-state index in [0.29, 0.717) is 6.54 Å². The summed E-state index contributed by atoms with van der Waals surface area (Å²) in [6.07, 6.45) is 0.856.